The Kier molecular flexibility index (Phi) is 7.35. The molecule has 0 saturated heterocycles. The Morgan fingerprint density at radius 1 is 1.10 bits per heavy atom. The number of hydrogen-bond donors (Lipinski definition) is 2. The fourth-order valence-corrected chi connectivity index (χ4v) is 1.43. The molecule has 0 aliphatic rings. The van der Waals surface area contributed by atoms with E-state index >= 15 is 0 Å². The summed E-state index contributed by atoms with van der Waals surface area (Å²) in [6, 6.07) is 1.15. The first-order valence-electron chi connectivity index (χ1n) is 6.26. The fraction of sp³-hybridized carbons (Fsp3) is 0.538. The molecular formula is C13H18F3NO3. The second-order valence-electron chi connectivity index (χ2n) is 4.05. The minimum Gasteiger partial charge on any atom is -0.389 e. The highest BCUT2D eigenvalue weighted by Crippen LogP contribution is 2.18. The first-order chi connectivity index (χ1) is 9.54. The van der Waals surface area contributed by atoms with Crippen LogP contribution in [0.2, 0.25) is 0 Å². The molecule has 4 nitrogen and oxygen atoms in total. The molecule has 1 aromatic carbocycles. The normalized spacial score (nSPS) is 12.4. The molecule has 0 aliphatic carbocycles. The largest absolute Gasteiger partial charge is 0.389 e. The monoisotopic (exact) mass is 293 g/mol. The van der Waals surface area contributed by atoms with Crippen molar-refractivity contribution in [1.29, 1.82) is 0 Å². The van der Waals surface area contributed by atoms with Gasteiger partial charge in [-0.3, -0.25) is 0 Å². The highest BCUT2D eigenvalue weighted by Gasteiger charge is 2.11. The Labute approximate surface area is 115 Å². The summed E-state index contributed by atoms with van der Waals surface area (Å²) in [5.41, 5.74) is -0.211. The Bertz CT molecular complexity index is 418. The Morgan fingerprint density at radius 3 is 2.45 bits per heavy atom. The molecule has 7 heteroatoms. The van der Waals surface area contributed by atoms with Crippen LogP contribution >= 0.6 is 0 Å². The van der Waals surface area contributed by atoms with Crippen LogP contribution in [0, 0.1) is 17.5 Å². The van der Waals surface area contributed by atoms with Gasteiger partial charge in [-0.15, -0.1) is 0 Å². The molecule has 2 N–H and O–H groups in total. The maximum Gasteiger partial charge on any atom is 0.161 e. The van der Waals surface area contributed by atoms with Gasteiger partial charge in [0.15, 0.2) is 11.6 Å². The third-order valence-corrected chi connectivity index (χ3v) is 2.42. The van der Waals surface area contributed by atoms with Crippen LogP contribution in [-0.2, 0) is 9.47 Å². The lowest BCUT2D eigenvalue weighted by molar-refractivity contribution is 0.0103. The van der Waals surface area contributed by atoms with Gasteiger partial charge in [0.05, 0.1) is 31.6 Å². The van der Waals surface area contributed by atoms with Gasteiger partial charge in [0.25, 0.3) is 0 Å². The van der Waals surface area contributed by atoms with E-state index in [1.807, 2.05) is 6.92 Å². The number of rotatable bonds is 9. The van der Waals surface area contributed by atoms with Crippen molar-refractivity contribution in [1.82, 2.24) is 0 Å². The molecular weight excluding hydrogens is 275 g/mol. The van der Waals surface area contributed by atoms with Gasteiger partial charge in [-0.25, -0.2) is 13.2 Å². The lowest BCUT2D eigenvalue weighted by atomic mass is 10.2. The molecule has 114 valence electrons. The van der Waals surface area contributed by atoms with Gasteiger partial charge in [0.2, 0.25) is 0 Å². The van der Waals surface area contributed by atoms with Crippen LogP contribution < -0.4 is 5.32 Å². The second kappa shape index (κ2) is 8.78. The molecule has 1 unspecified atom stereocenters. The minimum atomic E-state index is -1.26. The van der Waals surface area contributed by atoms with Crippen LogP contribution in [0.5, 0.6) is 0 Å². The molecule has 0 spiro atoms. The number of halogens is 3. The van der Waals surface area contributed by atoms with Crippen molar-refractivity contribution >= 4 is 5.69 Å². The highest BCUT2D eigenvalue weighted by molar-refractivity contribution is 5.45. The van der Waals surface area contributed by atoms with E-state index < -0.39 is 23.6 Å². The van der Waals surface area contributed by atoms with Gasteiger partial charge < -0.3 is 19.9 Å². The molecule has 0 aromatic heterocycles. The smallest absolute Gasteiger partial charge is 0.161 e. The summed E-state index contributed by atoms with van der Waals surface area (Å²) in [6.45, 7) is 3.19. The SMILES string of the molecule is CCOCCOCC(O)CNc1cc(F)c(F)cc1F. The van der Waals surface area contributed by atoms with E-state index in [0.717, 1.165) is 0 Å². The van der Waals surface area contributed by atoms with Crippen LogP contribution in [0.25, 0.3) is 0 Å². The lowest BCUT2D eigenvalue weighted by Gasteiger charge is -2.14. The predicted octanol–water partition coefficient (Wildman–Crippen LogP) is 1.93. The van der Waals surface area contributed by atoms with Gasteiger partial charge in [0, 0.05) is 25.3 Å². The zero-order valence-corrected chi connectivity index (χ0v) is 11.2. The van der Waals surface area contributed by atoms with Crippen LogP contribution in [0.15, 0.2) is 12.1 Å². The van der Waals surface area contributed by atoms with Gasteiger partial charge in [-0.1, -0.05) is 0 Å². The fourth-order valence-electron chi connectivity index (χ4n) is 1.43. The molecule has 1 rings (SSSR count). The summed E-state index contributed by atoms with van der Waals surface area (Å²) in [7, 11) is 0. The number of ether oxygens (including phenoxy) is 2. The molecule has 0 saturated carbocycles. The van der Waals surface area contributed by atoms with Crippen molar-refractivity contribution < 1.29 is 27.8 Å². The Morgan fingerprint density at radius 2 is 1.75 bits per heavy atom. The summed E-state index contributed by atoms with van der Waals surface area (Å²) in [4.78, 5) is 0. The van der Waals surface area contributed by atoms with Crippen molar-refractivity contribution in [3.8, 4) is 0 Å². The van der Waals surface area contributed by atoms with Crippen molar-refractivity contribution in [3.63, 3.8) is 0 Å². The Hall–Kier alpha value is -1.31. The van der Waals surface area contributed by atoms with E-state index in [4.69, 9.17) is 9.47 Å². The molecule has 0 bridgehead atoms. The third-order valence-electron chi connectivity index (χ3n) is 2.42. The maximum absolute atomic E-state index is 13.3. The predicted molar refractivity (Wildman–Crippen MR) is 68.1 cm³/mol. The maximum atomic E-state index is 13.3. The average Bonchev–Trinajstić information content (AvgIpc) is 2.41. The van der Waals surface area contributed by atoms with Gasteiger partial charge in [0.1, 0.15) is 5.82 Å². The summed E-state index contributed by atoms with van der Waals surface area (Å²) in [6.07, 6.45) is -0.899. The molecule has 0 heterocycles. The van der Waals surface area contributed by atoms with Gasteiger partial charge in [-0.05, 0) is 6.92 Å². The van der Waals surface area contributed by atoms with Crippen LogP contribution in [0.3, 0.4) is 0 Å². The van der Waals surface area contributed by atoms with Crippen LogP contribution in [-0.4, -0.2) is 44.2 Å². The first kappa shape index (κ1) is 16.7. The molecule has 0 amide bonds. The van der Waals surface area contributed by atoms with E-state index in [-0.39, 0.29) is 18.8 Å². The number of anilines is 1. The van der Waals surface area contributed by atoms with Crippen molar-refractivity contribution in [2.24, 2.45) is 0 Å². The molecule has 0 aliphatic heterocycles. The number of aliphatic hydroxyl groups excluding tert-OH is 1. The second-order valence-corrected chi connectivity index (χ2v) is 4.05. The molecule has 20 heavy (non-hydrogen) atoms. The summed E-state index contributed by atoms with van der Waals surface area (Å²) >= 11 is 0. The quantitative estimate of drug-likeness (QED) is 0.539. The Balaban J connectivity index is 2.30. The summed E-state index contributed by atoms with van der Waals surface area (Å²) in [5.74, 6) is -3.34. The topological polar surface area (TPSA) is 50.7 Å². The third kappa shape index (κ3) is 5.77. The van der Waals surface area contributed by atoms with E-state index in [1.54, 1.807) is 0 Å². The summed E-state index contributed by atoms with van der Waals surface area (Å²) < 4.78 is 49.1. The number of benzene rings is 1. The zero-order valence-electron chi connectivity index (χ0n) is 11.2. The molecule has 0 radical (unpaired) electrons. The average molecular weight is 293 g/mol. The number of hydrogen-bond acceptors (Lipinski definition) is 4. The van der Waals surface area contributed by atoms with E-state index in [9.17, 15) is 18.3 Å². The molecule has 0 fully saturated rings. The van der Waals surface area contributed by atoms with Gasteiger partial charge >= 0.3 is 0 Å². The number of nitrogens with one attached hydrogen (secondary N) is 1. The van der Waals surface area contributed by atoms with Crippen molar-refractivity contribution in [3.05, 3.63) is 29.6 Å². The first-order valence-corrected chi connectivity index (χ1v) is 6.26. The van der Waals surface area contributed by atoms with E-state index in [1.165, 1.54) is 0 Å². The standard InChI is InChI=1S/C13H18F3NO3/c1-2-19-3-4-20-8-9(18)7-17-13-6-11(15)10(14)5-12(13)16/h5-6,9,17-18H,2-4,7-8H2,1H3. The number of aliphatic hydroxyl groups is 1. The highest BCUT2D eigenvalue weighted by atomic mass is 19.2. The minimum absolute atomic E-state index is 0.0331. The molecule has 1 atom stereocenters. The van der Waals surface area contributed by atoms with Crippen molar-refractivity contribution in [2.75, 3.05) is 38.3 Å². The van der Waals surface area contributed by atoms with E-state index in [0.29, 0.717) is 32.0 Å². The van der Waals surface area contributed by atoms with Crippen molar-refractivity contribution in [2.45, 2.75) is 13.0 Å². The lowest BCUT2D eigenvalue weighted by Crippen LogP contribution is -2.26. The zero-order chi connectivity index (χ0) is 15.0. The van der Waals surface area contributed by atoms with Gasteiger partial charge in [-0.2, -0.15) is 0 Å². The van der Waals surface area contributed by atoms with Crippen LogP contribution in [0.4, 0.5) is 18.9 Å². The van der Waals surface area contributed by atoms with E-state index in [2.05, 4.69) is 5.32 Å². The van der Waals surface area contributed by atoms with Crippen LogP contribution in [0.1, 0.15) is 6.92 Å². The summed E-state index contributed by atoms with van der Waals surface area (Å²) in [5, 5.41) is 12.1. The molecule has 1 aromatic rings.